The third-order valence-corrected chi connectivity index (χ3v) is 11.8. The molecule has 0 saturated carbocycles. The zero-order valence-corrected chi connectivity index (χ0v) is 19.9. The number of aromatic nitrogens is 3. The molecule has 1 aromatic carbocycles. The van der Waals surface area contributed by atoms with Crippen molar-refractivity contribution in [2.75, 3.05) is 6.61 Å². The van der Waals surface area contributed by atoms with Gasteiger partial charge in [0.05, 0.1) is 17.7 Å². The SMILES string of the molecule is CC1(C)OCC(Cc2ccc(Op3npn(Cl)p(Cl)n3Cl)c(Cl)c2Cl)O1. The molecule has 2 aromatic rings. The standard InChI is InChI=1S/C12H13Cl5N3O3P3/c1-12(2)21-6-8(22-12)5-7-3-4-9(11(14)10(7)13)23-26-18-24-19(15)25(17)20(26)16/h3-4,8H,5-6H2,1-2H3. The van der Waals surface area contributed by atoms with Crippen molar-refractivity contribution >= 4 is 81.8 Å². The first-order valence-corrected chi connectivity index (χ1v) is 12.8. The van der Waals surface area contributed by atoms with Gasteiger partial charge in [-0.15, -0.1) is 4.51 Å². The van der Waals surface area contributed by atoms with Crippen LogP contribution in [0.1, 0.15) is 19.4 Å². The van der Waals surface area contributed by atoms with Gasteiger partial charge in [0.15, 0.2) is 27.3 Å². The van der Waals surface area contributed by atoms with Crippen LogP contribution < -0.4 is 4.52 Å². The molecule has 0 amide bonds. The Morgan fingerprint density at radius 3 is 2.73 bits per heavy atom. The molecular weight excluding hydrogens is 504 g/mol. The van der Waals surface area contributed by atoms with E-state index in [1.807, 2.05) is 19.9 Å². The summed E-state index contributed by atoms with van der Waals surface area (Å²) in [4.78, 5) is 0. The number of benzene rings is 1. The fourth-order valence-corrected chi connectivity index (χ4v) is 8.70. The molecule has 1 aliphatic rings. The lowest BCUT2D eigenvalue weighted by Gasteiger charge is -2.18. The van der Waals surface area contributed by atoms with Gasteiger partial charge in [-0.1, -0.05) is 29.3 Å². The second-order valence-electron chi connectivity index (χ2n) is 5.75. The highest BCUT2D eigenvalue weighted by molar-refractivity contribution is 7.79. The fourth-order valence-electron chi connectivity index (χ4n) is 2.31. The smallest absolute Gasteiger partial charge is 0.283 e. The van der Waals surface area contributed by atoms with Crippen molar-refractivity contribution in [2.45, 2.75) is 32.2 Å². The van der Waals surface area contributed by atoms with E-state index in [-0.39, 0.29) is 11.1 Å². The number of nitrogens with zero attached hydrogens (tertiary/aromatic N) is 3. The fraction of sp³-hybridized carbons (Fsp3) is 0.500. The molecule has 0 radical (unpaired) electrons. The van der Waals surface area contributed by atoms with Gasteiger partial charge in [0.25, 0.3) is 8.08 Å². The molecule has 3 rings (SSSR count). The zero-order chi connectivity index (χ0) is 19.1. The van der Waals surface area contributed by atoms with E-state index in [2.05, 4.69) is 4.51 Å². The number of hydrogen-bond acceptors (Lipinski definition) is 4. The summed E-state index contributed by atoms with van der Waals surface area (Å²) in [5, 5.41) is 0.684. The van der Waals surface area contributed by atoms with Crippen LogP contribution in [-0.4, -0.2) is 30.2 Å². The average molecular weight is 517 g/mol. The first-order valence-electron chi connectivity index (χ1n) is 7.24. The molecule has 0 bridgehead atoms. The van der Waals surface area contributed by atoms with Crippen LogP contribution in [0.2, 0.25) is 10.0 Å². The van der Waals surface area contributed by atoms with Gasteiger partial charge in [-0.2, -0.15) is 7.22 Å². The maximum absolute atomic E-state index is 6.42. The van der Waals surface area contributed by atoms with E-state index < -0.39 is 21.1 Å². The van der Waals surface area contributed by atoms with Gasteiger partial charge in [-0.3, -0.25) is 0 Å². The molecule has 2 heterocycles. The number of hydrogen-bond donors (Lipinski definition) is 0. The molecule has 144 valence electrons. The minimum atomic E-state index is -1.54. The monoisotopic (exact) mass is 515 g/mol. The first kappa shape index (κ1) is 21.4. The third kappa shape index (κ3) is 4.81. The summed E-state index contributed by atoms with van der Waals surface area (Å²) < 4.78 is 24.0. The summed E-state index contributed by atoms with van der Waals surface area (Å²) in [6.07, 6.45) is 0.491. The van der Waals surface area contributed by atoms with Crippen molar-refractivity contribution in [1.29, 1.82) is 0 Å². The second-order valence-corrected chi connectivity index (χ2v) is 13.3. The van der Waals surface area contributed by atoms with Gasteiger partial charge >= 0.3 is 0 Å². The molecule has 14 heteroatoms. The van der Waals surface area contributed by atoms with Crippen molar-refractivity contribution in [3.05, 3.63) is 27.7 Å². The summed E-state index contributed by atoms with van der Waals surface area (Å²) in [5.41, 5.74) is 0.844. The van der Waals surface area contributed by atoms with Crippen LogP contribution in [-0.2, 0) is 15.9 Å². The minimum Gasteiger partial charge on any atom is -0.414 e. The molecule has 3 atom stereocenters. The van der Waals surface area contributed by atoms with E-state index in [1.54, 1.807) is 6.07 Å². The lowest BCUT2D eigenvalue weighted by Crippen LogP contribution is -2.22. The number of halogens is 5. The highest BCUT2D eigenvalue weighted by Crippen LogP contribution is 2.47. The minimum absolute atomic E-state index is 0.0882. The lowest BCUT2D eigenvalue weighted by molar-refractivity contribution is -0.138. The van der Waals surface area contributed by atoms with Crippen molar-refractivity contribution < 1.29 is 14.0 Å². The van der Waals surface area contributed by atoms with Crippen LogP contribution in [0, 0.1) is 0 Å². The van der Waals surface area contributed by atoms with E-state index in [0.717, 1.165) is 5.56 Å². The Balaban J connectivity index is 1.81. The van der Waals surface area contributed by atoms with Crippen LogP contribution in [0.25, 0.3) is 0 Å². The normalized spacial score (nSPS) is 20.7. The largest absolute Gasteiger partial charge is 0.414 e. The van der Waals surface area contributed by atoms with Crippen molar-refractivity contribution in [3.8, 4) is 5.75 Å². The van der Waals surface area contributed by atoms with E-state index in [9.17, 15) is 0 Å². The maximum atomic E-state index is 6.42. The van der Waals surface area contributed by atoms with Crippen molar-refractivity contribution in [3.63, 3.8) is 0 Å². The van der Waals surface area contributed by atoms with Crippen LogP contribution in [0.15, 0.2) is 12.1 Å². The topological polar surface area (TPSA) is 50.4 Å². The molecule has 1 aromatic heterocycles. The van der Waals surface area contributed by atoms with Crippen LogP contribution in [0.3, 0.4) is 0 Å². The molecule has 1 aliphatic heterocycles. The predicted octanol–water partition coefficient (Wildman–Crippen LogP) is 7.21. The molecular formula is C12H13Cl5N3O3P3. The van der Waals surface area contributed by atoms with Gasteiger partial charge in [0.2, 0.25) is 0 Å². The zero-order valence-electron chi connectivity index (χ0n) is 13.4. The summed E-state index contributed by atoms with van der Waals surface area (Å²) in [7, 11) is -2.51. The molecule has 3 unspecified atom stereocenters. The van der Waals surface area contributed by atoms with Gasteiger partial charge in [-0.05, 0) is 36.7 Å². The molecule has 1 saturated heterocycles. The van der Waals surface area contributed by atoms with Gasteiger partial charge < -0.3 is 14.0 Å². The Hall–Kier alpha value is 0.690. The van der Waals surface area contributed by atoms with E-state index >= 15 is 0 Å². The highest BCUT2D eigenvalue weighted by Gasteiger charge is 2.33. The average Bonchev–Trinajstić information content (AvgIpc) is 2.93. The van der Waals surface area contributed by atoms with Crippen LogP contribution >= 0.6 is 81.8 Å². The van der Waals surface area contributed by atoms with E-state index in [0.29, 0.717) is 32.3 Å². The maximum Gasteiger partial charge on any atom is 0.283 e. The molecule has 26 heavy (non-hydrogen) atoms. The summed E-state index contributed by atoms with van der Waals surface area (Å²) in [6, 6.07) is 3.57. The Labute approximate surface area is 179 Å². The Kier molecular flexibility index (Phi) is 7.07. The van der Waals surface area contributed by atoms with Gasteiger partial charge in [0, 0.05) is 30.0 Å². The number of ether oxygens (including phenoxy) is 2. The molecule has 0 aliphatic carbocycles. The molecule has 0 spiro atoms. The molecule has 0 N–H and O–H groups in total. The van der Waals surface area contributed by atoms with Gasteiger partial charge in [0.1, 0.15) is 5.02 Å². The quantitative estimate of drug-likeness (QED) is 0.430. The Morgan fingerprint density at radius 1 is 1.35 bits per heavy atom. The predicted molar refractivity (Wildman–Crippen MR) is 111 cm³/mol. The number of rotatable bonds is 4. The summed E-state index contributed by atoms with van der Waals surface area (Å²) in [5.74, 6) is -0.211. The lowest BCUT2D eigenvalue weighted by atomic mass is 10.1. The van der Waals surface area contributed by atoms with E-state index in [1.165, 1.54) is 7.22 Å². The Bertz CT molecular complexity index is 861. The molecule has 1 fully saturated rings. The van der Waals surface area contributed by atoms with Crippen LogP contribution in [0.5, 0.6) is 5.75 Å². The van der Waals surface area contributed by atoms with Crippen molar-refractivity contribution in [1.82, 2.24) is 11.7 Å². The molecule has 6 nitrogen and oxygen atoms in total. The van der Waals surface area contributed by atoms with Crippen LogP contribution in [0.4, 0.5) is 0 Å². The van der Waals surface area contributed by atoms with Gasteiger partial charge in [-0.25, -0.2) is 0 Å². The summed E-state index contributed by atoms with van der Waals surface area (Å²) in [6.45, 7) is 4.25. The first-order chi connectivity index (χ1) is 12.2. The van der Waals surface area contributed by atoms with E-state index in [4.69, 9.17) is 72.0 Å². The second kappa shape index (κ2) is 8.59. The van der Waals surface area contributed by atoms with Crippen molar-refractivity contribution in [2.24, 2.45) is 0 Å². The third-order valence-electron chi connectivity index (χ3n) is 3.43. The summed E-state index contributed by atoms with van der Waals surface area (Å²) >= 11 is 31.0. The highest BCUT2D eigenvalue weighted by atomic mass is 35.7. The Morgan fingerprint density at radius 2 is 2.08 bits per heavy atom.